The summed E-state index contributed by atoms with van der Waals surface area (Å²) in [5.41, 5.74) is 1.43. The number of amides is 1. The van der Waals surface area contributed by atoms with Gasteiger partial charge in [-0.05, 0) is 36.8 Å². The number of rotatable bonds is 3. The second-order valence-electron chi connectivity index (χ2n) is 4.08. The molecule has 0 aliphatic rings. The zero-order chi connectivity index (χ0) is 14.7. The largest absolute Gasteiger partial charge is 0.477 e. The van der Waals surface area contributed by atoms with E-state index in [1.807, 2.05) is 13.0 Å². The highest BCUT2D eigenvalue weighted by Gasteiger charge is 2.12. The first-order chi connectivity index (χ1) is 9.49. The van der Waals surface area contributed by atoms with Gasteiger partial charge in [-0.3, -0.25) is 4.79 Å². The number of aromatic carboxylic acids is 1. The summed E-state index contributed by atoms with van der Waals surface area (Å²) in [5, 5.41) is 11.6. The van der Waals surface area contributed by atoms with Crippen LogP contribution in [-0.2, 0) is 0 Å². The molecule has 102 valence electrons. The molecule has 0 aliphatic carbocycles. The number of hydrogen-bond donors (Lipinski definition) is 2. The number of benzene rings is 1. The van der Waals surface area contributed by atoms with Crippen molar-refractivity contribution in [3.8, 4) is 0 Å². The average molecular weight is 335 g/mol. The second kappa shape index (κ2) is 5.83. The van der Waals surface area contributed by atoms with E-state index < -0.39 is 11.9 Å². The molecule has 0 unspecified atom stereocenters. The minimum Gasteiger partial charge on any atom is -0.477 e. The van der Waals surface area contributed by atoms with Gasteiger partial charge in [0.2, 0.25) is 0 Å². The lowest BCUT2D eigenvalue weighted by Gasteiger charge is -2.09. The fourth-order valence-electron chi connectivity index (χ4n) is 1.61. The van der Waals surface area contributed by atoms with Crippen molar-refractivity contribution in [3.63, 3.8) is 0 Å². The Morgan fingerprint density at radius 1 is 1.15 bits per heavy atom. The van der Waals surface area contributed by atoms with Crippen LogP contribution in [0, 0.1) is 6.92 Å². The predicted octanol–water partition coefficient (Wildman–Crippen LogP) is 3.10. The van der Waals surface area contributed by atoms with Crippen LogP contribution in [0.5, 0.6) is 0 Å². The van der Waals surface area contributed by atoms with Crippen LogP contribution < -0.4 is 5.32 Å². The van der Waals surface area contributed by atoms with Crippen LogP contribution in [0.3, 0.4) is 0 Å². The third kappa shape index (κ3) is 3.03. The highest BCUT2D eigenvalue weighted by Crippen LogP contribution is 2.23. The van der Waals surface area contributed by atoms with Crippen LogP contribution in [0.1, 0.15) is 26.5 Å². The van der Waals surface area contributed by atoms with Crippen LogP contribution in [0.2, 0.25) is 0 Å². The molecule has 6 heteroatoms. The molecule has 2 rings (SSSR count). The van der Waals surface area contributed by atoms with Crippen LogP contribution in [0.4, 0.5) is 5.69 Å². The lowest BCUT2D eigenvalue weighted by Crippen LogP contribution is -2.16. The maximum Gasteiger partial charge on any atom is 0.354 e. The number of hydrogen-bond acceptors (Lipinski definition) is 3. The number of halogens is 1. The first-order valence-electron chi connectivity index (χ1n) is 5.76. The number of anilines is 1. The summed E-state index contributed by atoms with van der Waals surface area (Å²) in [4.78, 5) is 26.7. The quantitative estimate of drug-likeness (QED) is 0.903. The van der Waals surface area contributed by atoms with Gasteiger partial charge in [-0.15, -0.1) is 0 Å². The molecule has 0 bridgehead atoms. The van der Waals surface area contributed by atoms with Gasteiger partial charge in [0, 0.05) is 10.2 Å². The zero-order valence-electron chi connectivity index (χ0n) is 10.6. The molecule has 1 aromatic heterocycles. The summed E-state index contributed by atoms with van der Waals surface area (Å²) >= 11 is 3.38. The van der Waals surface area contributed by atoms with E-state index in [4.69, 9.17) is 5.11 Å². The molecule has 1 aromatic carbocycles. The fraction of sp³-hybridized carbons (Fsp3) is 0.0714. The van der Waals surface area contributed by atoms with Crippen molar-refractivity contribution >= 4 is 33.5 Å². The predicted molar refractivity (Wildman–Crippen MR) is 78.0 cm³/mol. The van der Waals surface area contributed by atoms with Crippen LogP contribution in [0.25, 0.3) is 0 Å². The Morgan fingerprint density at radius 2 is 1.80 bits per heavy atom. The molecule has 0 aliphatic heterocycles. The molecule has 0 radical (unpaired) electrons. The van der Waals surface area contributed by atoms with E-state index in [1.165, 1.54) is 18.2 Å². The normalized spacial score (nSPS) is 10.1. The number of aromatic nitrogens is 1. The van der Waals surface area contributed by atoms with Gasteiger partial charge in [0.25, 0.3) is 5.91 Å². The van der Waals surface area contributed by atoms with Crippen molar-refractivity contribution < 1.29 is 14.7 Å². The molecule has 2 aromatic rings. The highest BCUT2D eigenvalue weighted by atomic mass is 79.9. The van der Waals surface area contributed by atoms with Gasteiger partial charge < -0.3 is 10.4 Å². The van der Waals surface area contributed by atoms with Gasteiger partial charge in [0.15, 0.2) is 0 Å². The summed E-state index contributed by atoms with van der Waals surface area (Å²) < 4.78 is 0.877. The van der Waals surface area contributed by atoms with E-state index >= 15 is 0 Å². The van der Waals surface area contributed by atoms with Crippen LogP contribution in [-0.4, -0.2) is 22.0 Å². The monoisotopic (exact) mass is 334 g/mol. The van der Waals surface area contributed by atoms with E-state index in [2.05, 4.69) is 26.2 Å². The summed E-state index contributed by atoms with van der Waals surface area (Å²) in [7, 11) is 0. The maximum absolute atomic E-state index is 12.1. The SMILES string of the molecule is Cc1c(Br)cccc1NC(=O)c1cccc(C(=O)O)n1. The van der Waals surface area contributed by atoms with E-state index in [1.54, 1.807) is 12.1 Å². The van der Waals surface area contributed by atoms with Crippen LogP contribution >= 0.6 is 15.9 Å². The van der Waals surface area contributed by atoms with E-state index in [0.717, 1.165) is 10.0 Å². The first kappa shape index (κ1) is 14.2. The molecule has 0 spiro atoms. The molecule has 1 heterocycles. The minimum absolute atomic E-state index is 0.0595. The lowest BCUT2D eigenvalue weighted by molar-refractivity contribution is 0.0690. The molecule has 0 atom stereocenters. The van der Waals surface area contributed by atoms with Gasteiger partial charge >= 0.3 is 5.97 Å². The number of carbonyl (C=O) groups excluding carboxylic acids is 1. The molecule has 20 heavy (non-hydrogen) atoms. The Kier molecular flexibility index (Phi) is 4.14. The molecule has 0 fully saturated rings. The standard InChI is InChI=1S/C14H11BrN2O3/c1-8-9(15)4-2-5-10(8)17-13(18)11-6-3-7-12(16-11)14(19)20/h2-7H,1H3,(H,17,18)(H,19,20). The van der Waals surface area contributed by atoms with Crippen LogP contribution in [0.15, 0.2) is 40.9 Å². The third-order valence-electron chi connectivity index (χ3n) is 2.72. The van der Waals surface area contributed by atoms with Gasteiger partial charge in [0.05, 0.1) is 0 Å². The number of nitrogens with one attached hydrogen (secondary N) is 1. The number of carboxylic acids is 1. The molecular weight excluding hydrogens is 324 g/mol. The smallest absolute Gasteiger partial charge is 0.354 e. The van der Waals surface area contributed by atoms with E-state index in [9.17, 15) is 9.59 Å². The Bertz CT molecular complexity index is 686. The van der Waals surface area contributed by atoms with Crippen molar-refractivity contribution in [1.29, 1.82) is 0 Å². The van der Waals surface area contributed by atoms with E-state index in [0.29, 0.717) is 5.69 Å². The Labute approximate surface area is 123 Å². The van der Waals surface area contributed by atoms with Crippen molar-refractivity contribution in [2.24, 2.45) is 0 Å². The lowest BCUT2D eigenvalue weighted by atomic mass is 10.2. The second-order valence-corrected chi connectivity index (χ2v) is 4.93. The minimum atomic E-state index is -1.17. The van der Waals surface area contributed by atoms with Gasteiger partial charge in [-0.25, -0.2) is 9.78 Å². The van der Waals surface area contributed by atoms with Gasteiger partial charge in [-0.1, -0.05) is 28.1 Å². The highest BCUT2D eigenvalue weighted by molar-refractivity contribution is 9.10. The molecule has 5 nitrogen and oxygen atoms in total. The number of nitrogens with zero attached hydrogens (tertiary/aromatic N) is 1. The zero-order valence-corrected chi connectivity index (χ0v) is 12.1. The third-order valence-corrected chi connectivity index (χ3v) is 3.58. The molecular formula is C14H11BrN2O3. The molecule has 2 N–H and O–H groups in total. The van der Waals surface area contributed by atoms with Gasteiger partial charge in [-0.2, -0.15) is 0 Å². The average Bonchev–Trinajstić information content (AvgIpc) is 2.44. The first-order valence-corrected chi connectivity index (χ1v) is 6.55. The Morgan fingerprint density at radius 3 is 2.50 bits per heavy atom. The summed E-state index contributed by atoms with van der Waals surface area (Å²) in [6.45, 7) is 1.86. The fourth-order valence-corrected chi connectivity index (χ4v) is 1.98. The van der Waals surface area contributed by atoms with Crippen molar-refractivity contribution in [1.82, 2.24) is 4.98 Å². The Hall–Kier alpha value is -2.21. The van der Waals surface area contributed by atoms with E-state index in [-0.39, 0.29) is 11.4 Å². The topological polar surface area (TPSA) is 79.3 Å². The van der Waals surface area contributed by atoms with Crippen molar-refractivity contribution in [3.05, 3.63) is 57.8 Å². The summed E-state index contributed by atoms with van der Waals surface area (Å²) in [6, 6.07) is 9.72. The van der Waals surface area contributed by atoms with Gasteiger partial charge in [0.1, 0.15) is 11.4 Å². The molecule has 0 saturated carbocycles. The van der Waals surface area contributed by atoms with Crippen molar-refractivity contribution in [2.75, 3.05) is 5.32 Å². The molecule has 0 saturated heterocycles. The maximum atomic E-state index is 12.1. The van der Waals surface area contributed by atoms with Crippen molar-refractivity contribution in [2.45, 2.75) is 6.92 Å². The number of carbonyl (C=O) groups is 2. The number of carboxylic acid groups (broad SMARTS) is 1. The molecule has 1 amide bonds. The summed E-state index contributed by atoms with van der Waals surface area (Å²) in [5.74, 6) is -1.62. The Balaban J connectivity index is 2.26. The summed E-state index contributed by atoms with van der Waals surface area (Å²) in [6.07, 6.45) is 0. The number of pyridine rings is 1.